The van der Waals surface area contributed by atoms with Gasteiger partial charge in [-0.25, -0.2) is 4.98 Å². The molecule has 0 saturated carbocycles. The number of thiazole rings is 1. The molecule has 0 radical (unpaired) electrons. The largest absolute Gasteiger partial charge is 0.496 e. The van der Waals surface area contributed by atoms with E-state index in [4.69, 9.17) is 21.1 Å². The minimum absolute atomic E-state index is 0.0736. The van der Waals surface area contributed by atoms with Crippen molar-refractivity contribution in [1.29, 1.82) is 0 Å². The summed E-state index contributed by atoms with van der Waals surface area (Å²) in [5, 5.41) is 10.7. The van der Waals surface area contributed by atoms with Crippen molar-refractivity contribution in [3.8, 4) is 22.6 Å². The predicted molar refractivity (Wildman–Crippen MR) is 111 cm³/mol. The molecule has 1 atom stereocenters. The Hall–Kier alpha value is -2.57. The third-order valence-electron chi connectivity index (χ3n) is 4.35. The van der Waals surface area contributed by atoms with Crippen molar-refractivity contribution in [2.45, 2.75) is 19.3 Å². The van der Waals surface area contributed by atoms with Crippen LogP contribution in [0.15, 0.2) is 42.6 Å². The molecular formula is C21H20ClNO4S. The van der Waals surface area contributed by atoms with Crippen LogP contribution >= 0.6 is 22.9 Å². The molecule has 1 aromatic heterocycles. The quantitative estimate of drug-likeness (QED) is 0.557. The molecule has 1 N–H and O–H groups in total. The van der Waals surface area contributed by atoms with E-state index in [1.165, 1.54) is 11.3 Å². The number of aryl methyl sites for hydroxylation is 1. The zero-order valence-corrected chi connectivity index (χ0v) is 17.3. The van der Waals surface area contributed by atoms with Crippen LogP contribution < -0.4 is 9.47 Å². The first kappa shape index (κ1) is 20.2. The average Bonchev–Trinajstić information content (AvgIpc) is 3.10. The van der Waals surface area contributed by atoms with Crippen molar-refractivity contribution in [2.75, 3.05) is 14.2 Å². The number of ether oxygens (including phenoxy) is 2. The summed E-state index contributed by atoms with van der Waals surface area (Å²) in [4.78, 5) is 16.9. The summed E-state index contributed by atoms with van der Waals surface area (Å²) in [6.45, 7) is 1.95. The molecule has 28 heavy (non-hydrogen) atoms. The van der Waals surface area contributed by atoms with Crippen LogP contribution in [0.5, 0.6) is 11.5 Å². The van der Waals surface area contributed by atoms with Crippen LogP contribution in [0.1, 0.15) is 27.8 Å². The Labute approximate surface area is 172 Å². The first-order valence-corrected chi connectivity index (χ1v) is 9.78. The molecule has 146 valence electrons. The fourth-order valence-electron chi connectivity index (χ4n) is 3.15. The van der Waals surface area contributed by atoms with Crippen LogP contribution in [0.2, 0.25) is 5.02 Å². The van der Waals surface area contributed by atoms with Crippen molar-refractivity contribution in [3.63, 3.8) is 0 Å². The van der Waals surface area contributed by atoms with E-state index in [9.17, 15) is 9.90 Å². The highest BCUT2D eigenvalue weighted by molar-refractivity contribution is 7.11. The van der Waals surface area contributed by atoms with Crippen molar-refractivity contribution >= 4 is 28.9 Å². The summed E-state index contributed by atoms with van der Waals surface area (Å²) in [6, 6.07) is 11.1. The fourth-order valence-corrected chi connectivity index (χ4v) is 4.30. The predicted octanol–water partition coefficient (Wildman–Crippen LogP) is 5.40. The lowest BCUT2D eigenvalue weighted by Crippen LogP contribution is -2.08. The molecule has 0 spiro atoms. The third-order valence-corrected chi connectivity index (χ3v) is 5.60. The van der Waals surface area contributed by atoms with Gasteiger partial charge in [-0.15, -0.1) is 11.3 Å². The molecule has 2 aromatic carbocycles. The number of carbonyl (C=O) groups is 1. The van der Waals surface area contributed by atoms with Crippen LogP contribution in [-0.2, 0) is 4.79 Å². The van der Waals surface area contributed by atoms with Crippen LogP contribution in [0.25, 0.3) is 11.1 Å². The van der Waals surface area contributed by atoms with Gasteiger partial charge in [0.2, 0.25) is 0 Å². The number of carboxylic acids is 1. The molecule has 0 amide bonds. The fraction of sp³-hybridized carbons (Fsp3) is 0.238. The van der Waals surface area contributed by atoms with E-state index in [1.54, 1.807) is 26.5 Å². The molecule has 3 aromatic rings. The molecule has 7 heteroatoms. The number of aromatic nitrogens is 1. The lowest BCUT2D eigenvalue weighted by Gasteiger charge is -2.17. The molecule has 0 aliphatic heterocycles. The highest BCUT2D eigenvalue weighted by Gasteiger charge is 2.23. The average molecular weight is 418 g/mol. The Morgan fingerprint density at radius 2 is 1.89 bits per heavy atom. The number of methoxy groups -OCH3 is 2. The molecule has 1 unspecified atom stereocenters. The molecule has 0 aliphatic rings. The van der Waals surface area contributed by atoms with Gasteiger partial charge in [0.1, 0.15) is 16.5 Å². The van der Waals surface area contributed by atoms with Gasteiger partial charge in [0.05, 0.1) is 26.2 Å². The zero-order valence-electron chi connectivity index (χ0n) is 15.7. The second kappa shape index (κ2) is 8.63. The zero-order chi connectivity index (χ0) is 20.3. The minimum atomic E-state index is -0.894. The number of rotatable bonds is 7. The highest BCUT2D eigenvalue weighted by atomic mass is 35.5. The van der Waals surface area contributed by atoms with Gasteiger partial charge >= 0.3 is 5.97 Å². The second-order valence-electron chi connectivity index (χ2n) is 6.27. The van der Waals surface area contributed by atoms with Crippen LogP contribution in [0.4, 0.5) is 0 Å². The SMILES string of the molecule is COc1cccc(OC)c1-c1cc(Cl)cc(C(CC(=O)O)c2ncc(C)s2)c1. The van der Waals surface area contributed by atoms with E-state index >= 15 is 0 Å². The Balaban J connectivity index is 2.17. The number of benzene rings is 2. The Kier molecular flexibility index (Phi) is 6.21. The number of aliphatic carboxylic acids is 1. The smallest absolute Gasteiger partial charge is 0.304 e. The van der Waals surface area contributed by atoms with E-state index in [-0.39, 0.29) is 6.42 Å². The van der Waals surface area contributed by atoms with Crippen molar-refractivity contribution in [3.05, 3.63) is 63.1 Å². The Morgan fingerprint density at radius 3 is 2.43 bits per heavy atom. The lowest BCUT2D eigenvalue weighted by atomic mass is 9.92. The van der Waals surface area contributed by atoms with E-state index in [1.807, 2.05) is 37.3 Å². The van der Waals surface area contributed by atoms with E-state index in [0.717, 1.165) is 26.6 Å². The maximum atomic E-state index is 11.5. The number of halogens is 1. The van der Waals surface area contributed by atoms with Crippen LogP contribution in [0.3, 0.4) is 0 Å². The summed E-state index contributed by atoms with van der Waals surface area (Å²) >= 11 is 7.91. The van der Waals surface area contributed by atoms with Gasteiger partial charge in [-0.2, -0.15) is 0 Å². The van der Waals surface area contributed by atoms with Crippen molar-refractivity contribution in [1.82, 2.24) is 4.98 Å². The monoisotopic (exact) mass is 417 g/mol. The molecule has 0 aliphatic carbocycles. The second-order valence-corrected chi connectivity index (χ2v) is 7.97. The van der Waals surface area contributed by atoms with Gasteiger partial charge in [-0.3, -0.25) is 4.79 Å². The standard InChI is InChI=1S/C21H20ClNO4S/c1-12-11-23-21(28-12)16(10-19(24)25)13-7-14(9-15(22)8-13)20-17(26-2)5-4-6-18(20)27-3/h4-9,11,16H,10H2,1-3H3,(H,24,25). The summed E-state index contributed by atoms with van der Waals surface area (Å²) < 4.78 is 11.0. The summed E-state index contributed by atoms with van der Waals surface area (Å²) in [5.41, 5.74) is 2.34. The topological polar surface area (TPSA) is 68.7 Å². The Morgan fingerprint density at radius 1 is 1.21 bits per heavy atom. The van der Waals surface area contributed by atoms with Gasteiger partial charge in [0.15, 0.2) is 0 Å². The first-order valence-electron chi connectivity index (χ1n) is 8.59. The van der Waals surface area contributed by atoms with E-state index in [0.29, 0.717) is 16.5 Å². The number of carboxylic acid groups (broad SMARTS) is 1. The molecule has 3 rings (SSSR count). The van der Waals surface area contributed by atoms with Gasteiger partial charge in [-0.1, -0.05) is 23.7 Å². The number of hydrogen-bond acceptors (Lipinski definition) is 5. The van der Waals surface area contributed by atoms with Crippen LogP contribution in [-0.4, -0.2) is 30.3 Å². The van der Waals surface area contributed by atoms with E-state index < -0.39 is 11.9 Å². The lowest BCUT2D eigenvalue weighted by molar-refractivity contribution is -0.137. The number of hydrogen-bond donors (Lipinski definition) is 1. The van der Waals surface area contributed by atoms with Gasteiger partial charge in [0.25, 0.3) is 0 Å². The minimum Gasteiger partial charge on any atom is -0.496 e. The van der Waals surface area contributed by atoms with Crippen molar-refractivity contribution < 1.29 is 19.4 Å². The molecule has 5 nitrogen and oxygen atoms in total. The molecule has 1 heterocycles. The van der Waals surface area contributed by atoms with Gasteiger partial charge in [0, 0.05) is 22.0 Å². The normalized spacial score (nSPS) is 11.9. The van der Waals surface area contributed by atoms with Gasteiger partial charge < -0.3 is 14.6 Å². The summed E-state index contributed by atoms with van der Waals surface area (Å²) in [7, 11) is 3.19. The van der Waals surface area contributed by atoms with E-state index in [2.05, 4.69) is 4.98 Å². The summed E-state index contributed by atoms with van der Waals surface area (Å²) in [6.07, 6.45) is 1.68. The highest BCUT2D eigenvalue weighted by Crippen LogP contribution is 2.41. The van der Waals surface area contributed by atoms with Crippen LogP contribution in [0, 0.1) is 6.92 Å². The third kappa shape index (κ3) is 4.29. The molecule has 0 bridgehead atoms. The molecular weight excluding hydrogens is 398 g/mol. The number of nitrogens with zero attached hydrogens (tertiary/aromatic N) is 1. The van der Waals surface area contributed by atoms with Gasteiger partial charge in [-0.05, 0) is 42.3 Å². The first-order chi connectivity index (χ1) is 13.4. The molecule has 0 saturated heterocycles. The summed E-state index contributed by atoms with van der Waals surface area (Å²) in [5.74, 6) is 0.00323. The maximum Gasteiger partial charge on any atom is 0.304 e. The maximum absolute atomic E-state index is 11.5. The molecule has 0 fully saturated rings. The van der Waals surface area contributed by atoms with Crippen molar-refractivity contribution in [2.24, 2.45) is 0 Å². The Bertz CT molecular complexity index is 980.